The van der Waals surface area contributed by atoms with Crippen molar-refractivity contribution in [3.8, 4) is 0 Å². The van der Waals surface area contributed by atoms with Gasteiger partial charge in [-0.05, 0) is 44.9 Å². The van der Waals surface area contributed by atoms with Gasteiger partial charge in [0.05, 0.1) is 18.8 Å². The Bertz CT molecular complexity index is 578. The fourth-order valence-electron chi connectivity index (χ4n) is 4.87. The summed E-state index contributed by atoms with van der Waals surface area (Å²) >= 11 is 0. The van der Waals surface area contributed by atoms with Gasteiger partial charge in [-0.3, -0.25) is 4.79 Å². The van der Waals surface area contributed by atoms with E-state index in [1.54, 1.807) is 0 Å². The van der Waals surface area contributed by atoms with E-state index in [1.807, 2.05) is 0 Å². The fraction of sp³-hybridized carbons (Fsp3) is 0.853. The molecule has 0 heterocycles. The molecule has 0 bridgehead atoms. The van der Waals surface area contributed by atoms with Gasteiger partial charge in [0, 0.05) is 6.42 Å². The molecule has 0 radical (unpaired) electrons. The van der Waals surface area contributed by atoms with Gasteiger partial charge in [0.1, 0.15) is 6.10 Å². The van der Waals surface area contributed by atoms with Gasteiger partial charge in [0.2, 0.25) is 5.91 Å². The molecule has 230 valence electrons. The molecule has 5 heteroatoms. The second-order valence-corrected chi connectivity index (χ2v) is 11.4. The third kappa shape index (κ3) is 25.5. The zero-order valence-corrected chi connectivity index (χ0v) is 25.8. The highest BCUT2D eigenvalue weighted by Gasteiger charge is 2.26. The summed E-state index contributed by atoms with van der Waals surface area (Å²) in [7, 11) is 0. The van der Waals surface area contributed by atoms with Gasteiger partial charge < -0.3 is 20.6 Å². The van der Waals surface area contributed by atoms with Gasteiger partial charge in [-0.25, -0.2) is 0 Å². The van der Waals surface area contributed by atoms with E-state index in [-0.39, 0.29) is 12.5 Å². The lowest BCUT2D eigenvalue weighted by molar-refractivity contribution is -0.124. The number of amides is 1. The molecule has 0 aliphatic carbocycles. The number of aliphatic hydroxyl groups excluding tert-OH is 3. The molecule has 0 saturated carbocycles. The summed E-state index contributed by atoms with van der Waals surface area (Å²) in [6.07, 6.45) is 32.6. The Labute approximate surface area is 241 Å². The molecule has 0 fully saturated rings. The SMILES string of the molecule is CCCC/C=C/CC/C=C/CCCC(O)C(O)C(CO)NC(=O)CCCCCCCCCCCCCCCC. The number of aliphatic hydroxyl groups is 3. The van der Waals surface area contributed by atoms with Gasteiger partial charge in [-0.15, -0.1) is 0 Å². The predicted molar refractivity (Wildman–Crippen MR) is 167 cm³/mol. The monoisotopic (exact) mass is 551 g/mol. The molecule has 39 heavy (non-hydrogen) atoms. The summed E-state index contributed by atoms with van der Waals surface area (Å²) in [6.45, 7) is 4.08. The Morgan fingerprint density at radius 2 is 1.05 bits per heavy atom. The largest absolute Gasteiger partial charge is 0.394 e. The highest BCUT2D eigenvalue weighted by molar-refractivity contribution is 5.76. The van der Waals surface area contributed by atoms with Crippen molar-refractivity contribution in [2.24, 2.45) is 0 Å². The molecule has 3 atom stereocenters. The van der Waals surface area contributed by atoms with Crippen LogP contribution >= 0.6 is 0 Å². The highest BCUT2D eigenvalue weighted by atomic mass is 16.3. The number of nitrogens with one attached hydrogen (secondary N) is 1. The lowest BCUT2D eigenvalue weighted by Gasteiger charge is -2.26. The minimum atomic E-state index is -1.16. The van der Waals surface area contributed by atoms with Crippen LogP contribution in [0.4, 0.5) is 0 Å². The Balaban J connectivity index is 3.78. The average Bonchev–Trinajstić information content (AvgIpc) is 2.94. The Morgan fingerprint density at radius 1 is 0.615 bits per heavy atom. The highest BCUT2D eigenvalue weighted by Crippen LogP contribution is 2.14. The zero-order chi connectivity index (χ0) is 28.8. The quantitative estimate of drug-likeness (QED) is 0.0556. The number of rotatable bonds is 29. The van der Waals surface area contributed by atoms with E-state index >= 15 is 0 Å². The number of allylic oxidation sites excluding steroid dienone is 4. The number of carbonyl (C=O) groups is 1. The normalized spacial score (nSPS) is 14.3. The van der Waals surface area contributed by atoms with Crippen molar-refractivity contribution in [2.45, 2.75) is 180 Å². The molecule has 0 aromatic carbocycles. The molecule has 4 N–H and O–H groups in total. The van der Waals surface area contributed by atoms with Gasteiger partial charge in [-0.2, -0.15) is 0 Å². The van der Waals surface area contributed by atoms with Gasteiger partial charge >= 0.3 is 0 Å². The second-order valence-electron chi connectivity index (χ2n) is 11.4. The fourth-order valence-corrected chi connectivity index (χ4v) is 4.87. The van der Waals surface area contributed by atoms with Crippen molar-refractivity contribution in [1.82, 2.24) is 5.32 Å². The summed E-state index contributed by atoms with van der Waals surface area (Å²) < 4.78 is 0. The first kappa shape index (κ1) is 37.8. The van der Waals surface area contributed by atoms with Crippen molar-refractivity contribution in [3.63, 3.8) is 0 Å². The lowest BCUT2D eigenvalue weighted by atomic mass is 10.0. The molecule has 0 aliphatic heterocycles. The van der Waals surface area contributed by atoms with E-state index in [9.17, 15) is 20.1 Å². The zero-order valence-electron chi connectivity index (χ0n) is 25.8. The van der Waals surface area contributed by atoms with Crippen molar-refractivity contribution >= 4 is 5.91 Å². The molecular formula is C34H65NO4. The molecule has 0 aromatic rings. The minimum Gasteiger partial charge on any atom is -0.394 e. The summed E-state index contributed by atoms with van der Waals surface area (Å²) in [5, 5.41) is 33.1. The smallest absolute Gasteiger partial charge is 0.220 e. The summed E-state index contributed by atoms with van der Waals surface area (Å²) in [5.74, 6) is -0.161. The summed E-state index contributed by atoms with van der Waals surface area (Å²) in [5.41, 5.74) is 0. The van der Waals surface area contributed by atoms with Crippen LogP contribution < -0.4 is 5.32 Å². The molecule has 0 spiro atoms. The molecule has 0 aliphatic rings. The van der Waals surface area contributed by atoms with Crippen molar-refractivity contribution in [1.29, 1.82) is 0 Å². The van der Waals surface area contributed by atoms with E-state index in [1.165, 1.54) is 83.5 Å². The molecule has 3 unspecified atom stereocenters. The Hall–Kier alpha value is -1.17. The van der Waals surface area contributed by atoms with Crippen LogP contribution in [0.1, 0.15) is 162 Å². The first-order valence-corrected chi connectivity index (χ1v) is 16.6. The van der Waals surface area contributed by atoms with Crippen LogP contribution in [-0.2, 0) is 4.79 Å². The maximum absolute atomic E-state index is 12.3. The average molecular weight is 552 g/mol. The maximum atomic E-state index is 12.3. The molecule has 5 nitrogen and oxygen atoms in total. The molecule has 1 amide bonds. The van der Waals surface area contributed by atoms with Crippen molar-refractivity contribution < 1.29 is 20.1 Å². The molecule has 0 aromatic heterocycles. The standard InChI is InChI=1S/C34H65NO4/c1-3-5-7-9-11-13-15-16-17-19-21-23-25-27-29-33(38)35-31(30-36)34(39)32(37)28-26-24-22-20-18-14-12-10-8-6-4-2/h10,12,20,22,31-32,34,36-37,39H,3-9,11,13-19,21,23-30H2,1-2H3,(H,35,38)/b12-10+,22-20+. The molecule has 0 saturated heterocycles. The van der Waals surface area contributed by atoms with E-state index in [0.29, 0.717) is 12.8 Å². The number of carbonyl (C=O) groups excluding carboxylic acids is 1. The van der Waals surface area contributed by atoms with Crippen molar-refractivity contribution in [3.05, 3.63) is 24.3 Å². The molecular weight excluding hydrogens is 486 g/mol. The van der Waals surface area contributed by atoms with Gasteiger partial charge in [0.25, 0.3) is 0 Å². The topological polar surface area (TPSA) is 89.8 Å². The Morgan fingerprint density at radius 3 is 1.54 bits per heavy atom. The third-order valence-corrected chi connectivity index (χ3v) is 7.54. The first-order valence-electron chi connectivity index (χ1n) is 16.6. The maximum Gasteiger partial charge on any atom is 0.220 e. The van der Waals surface area contributed by atoms with Crippen LogP contribution in [0, 0.1) is 0 Å². The van der Waals surface area contributed by atoms with Crippen LogP contribution in [0.3, 0.4) is 0 Å². The van der Waals surface area contributed by atoms with E-state index in [2.05, 4.69) is 43.5 Å². The van der Waals surface area contributed by atoms with Gasteiger partial charge in [0.15, 0.2) is 0 Å². The minimum absolute atomic E-state index is 0.161. The van der Waals surface area contributed by atoms with Crippen LogP contribution in [0.5, 0.6) is 0 Å². The number of hydrogen-bond donors (Lipinski definition) is 4. The van der Waals surface area contributed by atoms with Crippen LogP contribution in [-0.4, -0.2) is 46.1 Å². The summed E-state index contributed by atoms with van der Waals surface area (Å²) in [6, 6.07) is -0.825. The molecule has 0 rings (SSSR count). The lowest BCUT2D eigenvalue weighted by Crippen LogP contribution is -2.50. The van der Waals surface area contributed by atoms with E-state index < -0.39 is 18.2 Å². The van der Waals surface area contributed by atoms with Crippen LogP contribution in [0.25, 0.3) is 0 Å². The number of unbranched alkanes of at least 4 members (excludes halogenated alkanes) is 17. The van der Waals surface area contributed by atoms with E-state index in [0.717, 1.165) is 51.4 Å². The first-order chi connectivity index (χ1) is 19.1. The second kappa shape index (κ2) is 29.8. The van der Waals surface area contributed by atoms with Crippen LogP contribution in [0.2, 0.25) is 0 Å². The third-order valence-electron chi connectivity index (χ3n) is 7.54. The summed E-state index contributed by atoms with van der Waals surface area (Å²) in [4.78, 5) is 12.3. The predicted octanol–water partition coefficient (Wildman–Crippen LogP) is 8.31. The van der Waals surface area contributed by atoms with Crippen molar-refractivity contribution in [2.75, 3.05) is 6.61 Å². The van der Waals surface area contributed by atoms with Crippen LogP contribution in [0.15, 0.2) is 24.3 Å². The Kier molecular flexibility index (Phi) is 28.9. The van der Waals surface area contributed by atoms with Gasteiger partial charge in [-0.1, -0.05) is 134 Å². The van der Waals surface area contributed by atoms with E-state index in [4.69, 9.17) is 0 Å². The number of hydrogen-bond acceptors (Lipinski definition) is 4.